The van der Waals surface area contributed by atoms with Gasteiger partial charge in [-0.2, -0.15) is 0 Å². The van der Waals surface area contributed by atoms with Crippen LogP contribution >= 0.6 is 0 Å². The summed E-state index contributed by atoms with van der Waals surface area (Å²) in [5.41, 5.74) is 10.4. The smallest absolute Gasteiger partial charge is 0.373 e. The highest BCUT2D eigenvalue weighted by molar-refractivity contribution is 5.87. The lowest BCUT2D eigenvalue weighted by atomic mass is 9.66. The van der Waals surface area contributed by atoms with Crippen LogP contribution in [0.5, 0.6) is 11.5 Å². The molecule has 0 bridgehead atoms. The van der Waals surface area contributed by atoms with Crippen LogP contribution in [0, 0.1) is 27.7 Å². The number of carbonyl (C=O) groups excluding carboxylic acids is 2. The third kappa shape index (κ3) is 7.36. The minimum Gasteiger partial charge on any atom is -0.502 e. The van der Waals surface area contributed by atoms with Crippen molar-refractivity contribution in [1.82, 2.24) is 0 Å². The molecule has 51 heavy (non-hydrogen) atoms. The van der Waals surface area contributed by atoms with Crippen molar-refractivity contribution in [2.24, 2.45) is 0 Å². The molecule has 8 heteroatoms. The Kier molecular flexibility index (Phi) is 11.6. The number of rotatable bonds is 14. The van der Waals surface area contributed by atoms with Crippen molar-refractivity contribution in [3.8, 4) is 22.6 Å². The molecule has 0 amide bonds. The Morgan fingerprint density at radius 3 is 1.29 bits per heavy atom. The fraction of sp³-hybridized carbons (Fsp3) is 0.302. The predicted octanol–water partition coefficient (Wildman–Crippen LogP) is 8.83. The predicted molar refractivity (Wildman–Crippen MR) is 198 cm³/mol. The quantitative estimate of drug-likeness (QED) is 0.0515. The number of ether oxygens (including phenoxy) is 4. The Bertz CT molecular complexity index is 1800. The van der Waals surface area contributed by atoms with Crippen molar-refractivity contribution in [3.05, 3.63) is 141 Å². The van der Waals surface area contributed by atoms with E-state index in [1.165, 1.54) is 34.4 Å². The molecule has 0 radical (unpaired) electrons. The molecule has 0 atom stereocenters. The number of hydrogen-bond donors (Lipinski definition) is 2. The highest BCUT2D eigenvalue weighted by Crippen LogP contribution is 2.57. The lowest BCUT2D eigenvalue weighted by Gasteiger charge is -2.35. The van der Waals surface area contributed by atoms with Gasteiger partial charge in [0.05, 0.1) is 31.8 Å². The summed E-state index contributed by atoms with van der Waals surface area (Å²) < 4.78 is 22.7. The van der Waals surface area contributed by atoms with Gasteiger partial charge in [0.15, 0.2) is 11.5 Å². The van der Waals surface area contributed by atoms with Crippen molar-refractivity contribution in [1.29, 1.82) is 0 Å². The van der Waals surface area contributed by atoms with Crippen LogP contribution < -0.4 is 9.47 Å². The van der Waals surface area contributed by atoms with Gasteiger partial charge in [0.2, 0.25) is 0 Å². The van der Waals surface area contributed by atoms with Gasteiger partial charge in [-0.25, -0.2) is 9.59 Å². The molecule has 0 spiro atoms. The molecule has 0 fully saturated rings. The van der Waals surface area contributed by atoms with E-state index in [2.05, 4.69) is 100 Å². The first kappa shape index (κ1) is 36.8. The molecule has 0 aromatic heterocycles. The van der Waals surface area contributed by atoms with Crippen molar-refractivity contribution < 1.29 is 38.7 Å². The number of allylic oxidation sites excluding steroid dienone is 2. The average Bonchev–Trinajstić information content (AvgIpc) is 3.43. The normalized spacial score (nSPS) is 13.3. The van der Waals surface area contributed by atoms with Crippen LogP contribution in [0.3, 0.4) is 0 Å². The first-order valence-electron chi connectivity index (χ1n) is 17.3. The molecule has 0 unspecified atom stereocenters. The van der Waals surface area contributed by atoms with E-state index in [1.807, 2.05) is 0 Å². The summed E-state index contributed by atoms with van der Waals surface area (Å²) in [6.07, 6.45) is 3.56. The minimum atomic E-state index is -0.744. The van der Waals surface area contributed by atoms with Crippen molar-refractivity contribution in [2.75, 3.05) is 26.4 Å². The number of aryl methyl sites for hydroxylation is 4. The van der Waals surface area contributed by atoms with Gasteiger partial charge in [0.25, 0.3) is 0 Å². The van der Waals surface area contributed by atoms with Crippen LogP contribution in [0.1, 0.15) is 71.2 Å². The number of aliphatic hydroxyl groups is 2. The van der Waals surface area contributed by atoms with Crippen molar-refractivity contribution >= 4 is 11.9 Å². The molecule has 2 N–H and O–H groups in total. The van der Waals surface area contributed by atoms with Crippen molar-refractivity contribution in [2.45, 2.75) is 59.8 Å². The van der Waals surface area contributed by atoms with Crippen LogP contribution in [0.15, 0.2) is 96.5 Å². The van der Waals surface area contributed by atoms with Gasteiger partial charge in [-0.1, -0.05) is 72.8 Å². The molecule has 4 aromatic rings. The van der Waals surface area contributed by atoms with Gasteiger partial charge in [0, 0.05) is 12.8 Å². The van der Waals surface area contributed by atoms with Crippen LogP contribution in [0.4, 0.5) is 0 Å². The lowest BCUT2D eigenvalue weighted by Crippen LogP contribution is -2.29. The second-order valence-corrected chi connectivity index (χ2v) is 12.7. The molecule has 1 aliphatic rings. The average molecular weight is 691 g/mol. The number of benzene rings is 4. The molecule has 0 aliphatic heterocycles. The molecule has 0 saturated carbocycles. The molecule has 1 aliphatic carbocycles. The molecular weight excluding hydrogens is 644 g/mol. The third-order valence-electron chi connectivity index (χ3n) is 9.24. The fourth-order valence-corrected chi connectivity index (χ4v) is 6.99. The monoisotopic (exact) mass is 690 g/mol. The second kappa shape index (κ2) is 16.0. The highest BCUT2D eigenvalue weighted by Gasteiger charge is 2.46. The third-order valence-corrected chi connectivity index (χ3v) is 9.24. The van der Waals surface area contributed by atoms with Gasteiger partial charge in [-0.3, -0.25) is 0 Å². The number of esters is 2. The van der Waals surface area contributed by atoms with Gasteiger partial charge >= 0.3 is 11.9 Å². The number of aliphatic hydroxyl groups excluding tert-OH is 2. The number of hydrogen-bond acceptors (Lipinski definition) is 8. The van der Waals surface area contributed by atoms with Gasteiger partial charge < -0.3 is 29.2 Å². The Morgan fingerprint density at radius 1 is 0.588 bits per heavy atom. The van der Waals surface area contributed by atoms with Gasteiger partial charge in [-0.15, -0.1) is 0 Å². The zero-order valence-corrected chi connectivity index (χ0v) is 30.2. The zero-order valence-electron chi connectivity index (χ0n) is 30.2. The van der Waals surface area contributed by atoms with E-state index >= 15 is 0 Å². The SMILES string of the molecule is CC=C(O)C(=O)OCCCOc1c(C)cc(C2(c3cc(C)c(OCCCOC(=O)C(O)=CC)c(C)c3)c3ccccc3-c3ccccc32)cc1C. The first-order valence-corrected chi connectivity index (χ1v) is 17.3. The molecular formula is C43H46O8. The Balaban J connectivity index is 1.49. The van der Waals surface area contributed by atoms with E-state index in [4.69, 9.17) is 18.9 Å². The molecule has 266 valence electrons. The van der Waals surface area contributed by atoms with E-state index in [0.717, 1.165) is 44.9 Å². The Morgan fingerprint density at radius 2 is 0.941 bits per heavy atom. The van der Waals surface area contributed by atoms with Crippen LogP contribution in [0.25, 0.3) is 11.1 Å². The fourth-order valence-electron chi connectivity index (χ4n) is 6.99. The zero-order chi connectivity index (χ0) is 36.7. The largest absolute Gasteiger partial charge is 0.502 e. The topological polar surface area (TPSA) is 112 Å². The number of carbonyl (C=O) groups is 2. The maximum atomic E-state index is 11.8. The second-order valence-electron chi connectivity index (χ2n) is 12.7. The standard InChI is InChI=1S/C43H46O8/c1-7-37(44)41(46)50-21-13-19-48-39-27(3)23-31(24-28(39)4)43(35-17-11-9-15-33(35)34-16-10-12-18-36(34)43)32-25-29(5)40(30(6)26-32)49-20-14-22-51-42(47)38(45)8-2/h7-12,15-18,23-26,44-45H,13-14,19-22H2,1-6H3. The van der Waals surface area contributed by atoms with E-state index in [0.29, 0.717) is 26.1 Å². The van der Waals surface area contributed by atoms with Crippen LogP contribution in [0.2, 0.25) is 0 Å². The maximum absolute atomic E-state index is 11.8. The summed E-state index contributed by atoms with van der Waals surface area (Å²) in [6.45, 7) is 12.3. The molecule has 0 heterocycles. The maximum Gasteiger partial charge on any atom is 0.373 e. The van der Waals surface area contributed by atoms with Crippen LogP contribution in [-0.2, 0) is 24.5 Å². The lowest BCUT2D eigenvalue weighted by molar-refractivity contribution is -0.143. The molecule has 4 aromatic carbocycles. The molecule has 0 saturated heterocycles. The van der Waals surface area contributed by atoms with E-state index in [1.54, 1.807) is 13.8 Å². The van der Waals surface area contributed by atoms with E-state index in [-0.39, 0.29) is 13.2 Å². The van der Waals surface area contributed by atoms with Gasteiger partial charge in [0.1, 0.15) is 11.5 Å². The van der Waals surface area contributed by atoms with Crippen LogP contribution in [-0.4, -0.2) is 48.6 Å². The highest BCUT2D eigenvalue weighted by atomic mass is 16.6. The minimum absolute atomic E-state index is 0.135. The summed E-state index contributed by atoms with van der Waals surface area (Å²) in [7, 11) is 0. The van der Waals surface area contributed by atoms with E-state index < -0.39 is 28.9 Å². The first-order chi connectivity index (χ1) is 24.5. The summed E-state index contributed by atoms with van der Waals surface area (Å²) in [5.74, 6) is -0.717. The summed E-state index contributed by atoms with van der Waals surface area (Å²) in [4.78, 5) is 23.5. The molecule has 5 rings (SSSR count). The summed E-state index contributed by atoms with van der Waals surface area (Å²) in [6, 6.07) is 26.0. The van der Waals surface area contributed by atoms with E-state index in [9.17, 15) is 19.8 Å². The Labute approximate surface area is 300 Å². The summed E-state index contributed by atoms with van der Waals surface area (Å²) in [5, 5.41) is 19.1. The molecule has 8 nitrogen and oxygen atoms in total. The number of fused-ring (bicyclic) bond motifs is 3. The van der Waals surface area contributed by atoms with Crippen molar-refractivity contribution in [3.63, 3.8) is 0 Å². The Hall–Kier alpha value is -5.50. The summed E-state index contributed by atoms with van der Waals surface area (Å²) >= 11 is 0. The van der Waals surface area contributed by atoms with Gasteiger partial charge in [-0.05, 0) is 109 Å².